The van der Waals surface area contributed by atoms with Gasteiger partial charge < -0.3 is 23.8 Å². The third kappa shape index (κ3) is 5.08. The predicted octanol–water partition coefficient (Wildman–Crippen LogP) is 2.12. The third-order valence-electron chi connectivity index (χ3n) is 4.03. The standard InChI is InChI=1S/C18H23N3O4/c19-13-15-11-17-18(12-16(15)20-14-21-3-1-2-4-21)25-10-8-23-6-5-22-7-9-24-17/h11-12,14H,1-10H2/b20-14+. The van der Waals surface area contributed by atoms with Crippen LogP contribution in [0.3, 0.4) is 0 Å². The third-order valence-corrected chi connectivity index (χ3v) is 4.03. The molecule has 0 amide bonds. The number of nitrogens with zero attached hydrogens (tertiary/aromatic N) is 3. The fourth-order valence-corrected chi connectivity index (χ4v) is 2.72. The van der Waals surface area contributed by atoms with Crippen molar-refractivity contribution < 1.29 is 18.9 Å². The first-order valence-corrected chi connectivity index (χ1v) is 8.64. The molecule has 1 saturated heterocycles. The van der Waals surface area contributed by atoms with Gasteiger partial charge in [-0.05, 0) is 12.8 Å². The molecule has 0 N–H and O–H groups in total. The summed E-state index contributed by atoms with van der Waals surface area (Å²) >= 11 is 0. The minimum absolute atomic E-state index is 0.387. The Morgan fingerprint density at radius 2 is 1.52 bits per heavy atom. The number of nitriles is 1. The van der Waals surface area contributed by atoms with Gasteiger partial charge in [0, 0.05) is 25.2 Å². The number of rotatable bonds is 2. The normalized spacial score (nSPS) is 19.2. The molecule has 0 aromatic heterocycles. The van der Waals surface area contributed by atoms with Crippen molar-refractivity contribution in [2.24, 2.45) is 4.99 Å². The Hall–Kier alpha value is -2.30. The number of ether oxygens (including phenoxy) is 4. The maximum Gasteiger partial charge on any atom is 0.163 e. The lowest BCUT2D eigenvalue weighted by Gasteiger charge is -2.16. The van der Waals surface area contributed by atoms with Crippen LogP contribution in [0.15, 0.2) is 17.1 Å². The fourth-order valence-electron chi connectivity index (χ4n) is 2.72. The van der Waals surface area contributed by atoms with E-state index in [1.807, 2.05) is 6.34 Å². The summed E-state index contributed by atoms with van der Waals surface area (Å²) in [6, 6.07) is 5.62. The molecule has 0 spiro atoms. The van der Waals surface area contributed by atoms with Crippen molar-refractivity contribution in [3.63, 3.8) is 0 Å². The summed E-state index contributed by atoms with van der Waals surface area (Å²) in [5.41, 5.74) is 1.04. The van der Waals surface area contributed by atoms with Crippen LogP contribution in [0.2, 0.25) is 0 Å². The van der Waals surface area contributed by atoms with Gasteiger partial charge in [0.25, 0.3) is 0 Å². The average Bonchev–Trinajstić information content (AvgIpc) is 3.14. The molecule has 2 aliphatic heterocycles. The van der Waals surface area contributed by atoms with Crippen LogP contribution in [0.4, 0.5) is 5.69 Å². The van der Waals surface area contributed by atoms with Crippen LogP contribution >= 0.6 is 0 Å². The molecule has 7 heteroatoms. The second kappa shape index (κ2) is 9.25. The maximum atomic E-state index is 9.44. The summed E-state index contributed by atoms with van der Waals surface area (Å²) in [5, 5.41) is 9.44. The Morgan fingerprint density at radius 3 is 2.16 bits per heavy atom. The largest absolute Gasteiger partial charge is 0.487 e. The molecule has 1 aromatic rings. The SMILES string of the molecule is N#Cc1cc2c(cc1/N=C/N1CCCC1)OCCOCCOCCO2. The van der Waals surface area contributed by atoms with Crippen LogP contribution in [-0.4, -0.2) is 64.0 Å². The summed E-state index contributed by atoms with van der Waals surface area (Å²) < 4.78 is 22.4. The molecular weight excluding hydrogens is 322 g/mol. The summed E-state index contributed by atoms with van der Waals surface area (Å²) in [6.45, 7) is 4.79. The quantitative estimate of drug-likeness (QED) is 0.604. The average molecular weight is 345 g/mol. The van der Waals surface area contributed by atoms with Crippen LogP contribution in [0, 0.1) is 11.3 Å². The van der Waals surface area contributed by atoms with E-state index in [9.17, 15) is 5.26 Å². The van der Waals surface area contributed by atoms with Crippen molar-refractivity contribution >= 4 is 12.0 Å². The first-order chi connectivity index (χ1) is 12.4. The van der Waals surface area contributed by atoms with E-state index in [0.29, 0.717) is 62.4 Å². The van der Waals surface area contributed by atoms with Crippen LogP contribution < -0.4 is 9.47 Å². The lowest BCUT2D eigenvalue weighted by atomic mass is 10.1. The molecule has 0 unspecified atom stereocenters. The van der Waals surface area contributed by atoms with Gasteiger partial charge in [0.05, 0.1) is 44.0 Å². The van der Waals surface area contributed by atoms with Gasteiger partial charge in [-0.2, -0.15) is 5.26 Å². The highest BCUT2D eigenvalue weighted by molar-refractivity contribution is 5.69. The molecule has 0 atom stereocenters. The molecule has 25 heavy (non-hydrogen) atoms. The highest BCUT2D eigenvalue weighted by atomic mass is 16.6. The van der Waals surface area contributed by atoms with Crippen molar-refractivity contribution in [1.29, 1.82) is 5.26 Å². The van der Waals surface area contributed by atoms with Crippen molar-refractivity contribution in [3.8, 4) is 17.6 Å². The molecule has 0 aliphatic carbocycles. The van der Waals surface area contributed by atoms with E-state index in [4.69, 9.17) is 18.9 Å². The van der Waals surface area contributed by atoms with E-state index in [2.05, 4.69) is 16.0 Å². The van der Waals surface area contributed by atoms with E-state index < -0.39 is 0 Å². The van der Waals surface area contributed by atoms with Crippen LogP contribution in [0.25, 0.3) is 0 Å². The van der Waals surface area contributed by atoms with E-state index >= 15 is 0 Å². The lowest BCUT2D eigenvalue weighted by molar-refractivity contribution is 0.0223. The molecule has 0 radical (unpaired) electrons. The molecular formula is C18H23N3O4. The molecule has 3 rings (SSSR count). The number of fused-ring (bicyclic) bond motifs is 1. The van der Waals surface area contributed by atoms with E-state index in [-0.39, 0.29) is 0 Å². The lowest BCUT2D eigenvalue weighted by Crippen LogP contribution is -2.16. The van der Waals surface area contributed by atoms with Gasteiger partial charge in [0.2, 0.25) is 0 Å². The Kier molecular flexibility index (Phi) is 6.48. The van der Waals surface area contributed by atoms with Crippen molar-refractivity contribution in [1.82, 2.24) is 4.90 Å². The molecule has 7 nitrogen and oxygen atoms in total. The Bertz CT molecular complexity index is 636. The van der Waals surface area contributed by atoms with Crippen LogP contribution in [0.5, 0.6) is 11.5 Å². The molecule has 0 bridgehead atoms. The van der Waals surface area contributed by atoms with Gasteiger partial charge in [0.1, 0.15) is 19.3 Å². The number of aliphatic imine (C=N–C) groups is 1. The topological polar surface area (TPSA) is 76.3 Å². The van der Waals surface area contributed by atoms with E-state index in [0.717, 1.165) is 13.1 Å². The van der Waals surface area contributed by atoms with Gasteiger partial charge in [0.15, 0.2) is 11.5 Å². The smallest absolute Gasteiger partial charge is 0.163 e. The second-order valence-corrected chi connectivity index (χ2v) is 5.84. The summed E-state index contributed by atoms with van der Waals surface area (Å²) in [7, 11) is 0. The van der Waals surface area contributed by atoms with Crippen molar-refractivity contribution in [3.05, 3.63) is 17.7 Å². The van der Waals surface area contributed by atoms with Gasteiger partial charge >= 0.3 is 0 Å². The zero-order chi connectivity index (χ0) is 17.3. The highest BCUT2D eigenvalue weighted by Gasteiger charge is 2.14. The first kappa shape index (κ1) is 17.5. The second-order valence-electron chi connectivity index (χ2n) is 5.84. The number of benzene rings is 1. The molecule has 1 fully saturated rings. The highest BCUT2D eigenvalue weighted by Crippen LogP contribution is 2.35. The van der Waals surface area contributed by atoms with Gasteiger partial charge in [-0.3, -0.25) is 0 Å². The Morgan fingerprint density at radius 1 is 0.920 bits per heavy atom. The number of likely N-dealkylation sites (tertiary alicyclic amines) is 1. The van der Waals surface area contributed by atoms with Gasteiger partial charge in [-0.25, -0.2) is 4.99 Å². The maximum absolute atomic E-state index is 9.44. The van der Waals surface area contributed by atoms with Crippen LogP contribution in [0.1, 0.15) is 18.4 Å². The van der Waals surface area contributed by atoms with E-state index in [1.54, 1.807) is 12.1 Å². The number of hydrogen-bond acceptors (Lipinski definition) is 6. The van der Waals surface area contributed by atoms with E-state index in [1.165, 1.54) is 12.8 Å². The predicted molar refractivity (Wildman–Crippen MR) is 92.7 cm³/mol. The fraction of sp³-hybridized carbons (Fsp3) is 0.556. The minimum atomic E-state index is 0.387. The summed E-state index contributed by atoms with van der Waals surface area (Å²) in [6.07, 6.45) is 4.17. The Labute approximate surface area is 147 Å². The molecule has 2 heterocycles. The summed E-state index contributed by atoms with van der Waals surface area (Å²) in [4.78, 5) is 6.64. The Balaban J connectivity index is 1.81. The zero-order valence-electron chi connectivity index (χ0n) is 14.3. The molecule has 1 aromatic carbocycles. The first-order valence-electron chi connectivity index (χ1n) is 8.64. The zero-order valence-corrected chi connectivity index (χ0v) is 14.3. The molecule has 0 saturated carbocycles. The molecule has 134 valence electrons. The van der Waals surface area contributed by atoms with Crippen molar-refractivity contribution in [2.45, 2.75) is 12.8 Å². The monoisotopic (exact) mass is 345 g/mol. The van der Waals surface area contributed by atoms with Crippen LogP contribution in [-0.2, 0) is 9.47 Å². The van der Waals surface area contributed by atoms with Crippen molar-refractivity contribution in [2.75, 3.05) is 52.7 Å². The van der Waals surface area contributed by atoms with Gasteiger partial charge in [-0.15, -0.1) is 0 Å². The molecule has 2 aliphatic rings. The number of hydrogen-bond donors (Lipinski definition) is 0. The minimum Gasteiger partial charge on any atom is -0.487 e. The van der Waals surface area contributed by atoms with Gasteiger partial charge in [-0.1, -0.05) is 0 Å². The summed E-state index contributed by atoms with van der Waals surface area (Å²) in [5.74, 6) is 1.09.